The molecule has 2 unspecified atom stereocenters. The molecule has 0 aromatic carbocycles. The summed E-state index contributed by atoms with van der Waals surface area (Å²) in [5, 5.41) is 3.40. The summed E-state index contributed by atoms with van der Waals surface area (Å²) in [5.74, 6) is 4.48. The van der Waals surface area contributed by atoms with E-state index < -0.39 is 0 Å². The van der Waals surface area contributed by atoms with E-state index in [4.69, 9.17) is 0 Å². The van der Waals surface area contributed by atoms with Crippen LogP contribution in [0.4, 0.5) is 0 Å². The molecule has 18 heavy (non-hydrogen) atoms. The Bertz CT molecular complexity index is 334. The molecular weight excluding hydrogens is 218 g/mol. The van der Waals surface area contributed by atoms with E-state index in [9.17, 15) is 0 Å². The third-order valence-corrected chi connectivity index (χ3v) is 6.15. The lowest BCUT2D eigenvalue weighted by molar-refractivity contribution is 0.0882. The lowest BCUT2D eigenvalue weighted by atomic mass is 9.57. The highest BCUT2D eigenvalue weighted by molar-refractivity contribution is 5.22. The molecular formula is C17H25N. The fourth-order valence-electron chi connectivity index (χ4n) is 4.32. The van der Waals surface area contributed by atoms with Crippen LogP contribution in [0, 0.1) is 36.1 Å². The van der Waals surface area contributed by atoms with E-state index in [2.05, 4.69) is 18.1 Å². The first-order valence-corrected chi connectivity index (χ1v) is 8.14. The van der Waals surface area contributed by atoms with Gasteiger partial charge in [-0.2, -0.15) is 0 Å². The van der Waals surface area contributed by atoms with Gasteiger partial charge in [0.25, 0.3) is 0 Å². The summed E-state index contributed by atoms with van der Waals surface area (Å²) in [6.07, 6.45) is 15.5. The average molecular weight is 243 g/mol. The zero-order chi connectivity index (χ0) is 11.9. The van der Waals surface area contributed by atoms with Crippen molar-refractivity contribution in [2.24, 2.45) is 29.6 Å². The molecule has 0 bridgehead atoms. The van der Waals surface area contributed by atoms with Crippen LogP contribution in [-0.4, -0.2) is 0 Å². The van der Waals surface area contributed by atoms with Gasteiger partial charge in [0.2, 0.25) is 0 Å². The van der Waals surface area contributed by atoms with Crippen molar-refractivity contribution in [3.63, 3.8) is 0 Å². The van der Waals surface area contributed by atoms with E-state index in [1.807, 2.05) is 0 Å². The Balaban J connectivity index is 1.57. The van der Waals surface area contributed by atoms with E-state index in [-0.39, 0.29) is 0 Å². The Morgan fingerprint density at radius 3 is 2.06 bits per heavy atom. The van der Waals surface area contributed by atoms with E-state index in [1.54, 1.807) is 5.57 Å². The second-order valence-electron chi connectivity index (χ2n) is 6.99. The smallest absolute Gasteiger partial charge is 0.0919 e. The van der Waals surface area contributed by atoms with Crippen LogP contribution in [0.3, 0.4) is 0 Å². The van der Waals surface area contributed by atoms with Gasteiger partial charge in [0, 0.05) is 0 Å². The van der Waals surface area contributed by atoms with Crippen molar-refractivity contribution >= 4 is 0 Å². The number of rotatable bonds is 3. The van der Waals surface area contributed by atoms with Gasteiger partial charge in [-0.3, -0.25) is 0 Å². The van der Waals surface area contributed by atoms with Crippen molar-refractivity contribution in [2.75, 3.05) is 0 Å². The molecule has 1 heterocycles. The molecule has 1 nitrogen and oxygen atoms in total. The van der Waals surface area contributed by atoms with Crippen LogP contribution in [0.25, 0.3) is 0 Å². The van der Waals surface area contributed by atoms with Crippen molar-refractivity contribution in [1.82, 2.24) is 5.32 Å². The Morgan fingerprint density at radius 1 is 0.889 bits per heavy atom. The number of hydrogen-bond donors (Lipinski definition) is 1. The molecule has 98 valence electrons. The fourth-order valence-corrected chi connectivity index (χ4v) is 4.32. The summed E-state index contributed by atoms with van der Waals surface area (Å²) in [6, 6.07) is 0. The third-order valence-electron chi connectivity index (χ3n) is 6.15. The number of hydrogen-bond acceptors (Lipinski definition) is 1. The van der Waals surface area contributed by atoms with Crippen LogP contribution in [0.15, 0.2) is 11.8 Å². The molecule has 2 radical (unpaired) electrons. The van der Waals surface area contributed by atoms with Crippen LogP contribution >= 0.6 is 0 Å². The minimum absolute atomic E-state index is 0.740. The van der Waals surface area contributed by atoms with Crippen molar-refractivity contribution in [2.45, 2.75) is 57.8 Å². The van der Waals surface area contributed by atoms with E-state index >= 15 is 0 Å². The highest BCUT2D eigenvalue weighted by Gasteiger charge is 2.44. The molecule has 4 rings (SSSR count). The molecule has 0 saturated heterocycles. The molecule has 1 N–H and O–H groups in total. The Morgan fingerprint density at radius 2 is 1.56 bits per heavy atom. The monoisotopic (exact) mass is 243 g/mol. The summed E-state index contributed by atoms with van der Waals surface area (Å²) in [7, 11) is 0. The standard InChI is InChI=1S/C17H25N/c1-4-12(5-1)15-10-18-11-16(13-6-2-7-13)17(15)14-8-3-9-14/h10,12-14,16-18H,1-9H2. The van der Waals surface area contributed by atoms with Gasteiger partial charge >= 0.3 is 0 Å². The van der Waals surface area contributed by atoms with Gasteiger partial charge in [-0.1, -0.05) is 32.1 Å². The predicted molar refractivity (Wildman–Crippen MR) is 73.5 cm³/mol. The van der Waals surface area contributed by atoms with Crippen molar-refractivity contribution in [1.29, 1.82) is 0 Å². The van der Waals surface area contributed by atoms with Crippen molar-refractivity contribution < 1.29 is 0 Å². The Kier molecular flexibility index (Phi) is 2.89. The van der Waals surface area contributed by atoms with Gasteiger partial charge in [0.1, 0.15) is 0 Å². The Hall–Kier alpha value is -0.460. The molecule has 0 aromatic heterocycles. The second kappa shape index (κ2) is 4.58. The van der Waals surface area contributed by atoms with Crippen LogP contribution < -0.4 is 5.32 Å². The molecule has 3 fully saturated rings. The zero-order valence-electron chi connectivity index (χ0n) is 11.3. The van der Waals surface area contributed by atoms with Gasteiger partial charge in [-0.05, 0) is 67.0 Å². The van der Waals surface area contributed by atoms with Crippen molar-refractivity contribution in [3.05, 3.63) is 18.3 Å². The van der Waals surface area contributed by atoms with Crippen LogP contribution in [0.1, 0.15) is 57.8 Å². The van der Waals surface area contributed by atoms with Gasteiger partial charge in [0.05, 0.1) is 6.54 Å². The summed E-state index contributed by atoms with van der Waals surface area (Å²) < 4.78 is 0. The first kappa shape index (κ1) is 11.4. The van der Waals surface area contributed by atoms with Crippen LogP contribution in [0.5, 0.6) is 0 Å². The van der Waals surface area contributed by atoms with E-state index in [1.165, 1.54) is 57.8 Å². The maximum atomic E-state index is 3.63. The average Bonchev–Trinajstić information content (AvgIpc) is 2.14. The van der Waals surface area contributed by atoms with Gasteiger partial charge in [-0.15, -0.1) is 0 Å². The number of allylic oxidation sites excluding steroid dienone is 1. The van der Waals surface area contributed by atoms with E-state index in [0.717, 1.165) is 29.6 Å². The molecule has 4 aliphatic rings. The minimum atomic E-state index is 0.740. The molecule has 1 heteroatoms. The topological polar surface area (TPSA) is 12.0 Å². The summed E-state index contributed by atoms with van der Waals surface area (Å²) in [6.45, 7) is 3.63. The summed E-state index contributed by atoms with van der Waals surface area (Å²) in [5.41, 5.74) is 1.79. The normalized spacial score (nSPS) is 38.1. The maximum Gasteiger partial charge on any atom is 0.0919 e. The molecule has 0 spiro atoms. The maximum absolute atomic E-state index is 3.63. The molecule has 1 aliphatic heterocycles. The SMILES string of the molecule is [C]1NC=C(C2CCC2)C(C2CCC2)C1C1CCC1. The highest BCUT2D eigenvalue weighted by Crippen LogP contribution is 2.53. The van der Waals surface area contributed by atoms with Gasteiger partial charge < -0.3 is 5.32 Å². The summed E-state index contributed by atoms with van der Waals surface area (Å²) >= 11 is 0. The Labute approximate surface area is 111 Å². The first-order valence-electron chi connectivity index (χ1n) is 8.14. The molecule has 3 saturated carbocycles. The van der Waals surface area contributed by atoms with Gasteiger partial charge in [-0.25, -0.2) is 0 Å². The molecule has 3 aliphatic carbocycles. The van der Waals surface area contributed by atoms with Gasteiger partial charge in [0.15, 0.2) is 0 Å². The quantitative estimate of drug-likeness (QED) is 0.785. The zero-order valence-corrected chi connectivity index (χ0v) is 11.3. The number of nitrogens with one attached hydrogen (secondary N) is 1. The lowest BCUT2D eigenvalue weighted by Crippen LogP contribution is -2.43. The molecule has 2 atom stereocenters. The first-order chi connectivity index (χ1) is 8.93. The predicted octanol–water partition coefficient (Wildman–Crippen LogP) is 4.14. The molecule has 0 amide bonds. The minimum Gasteiger partial charge on any atom is -0.381 e. The fraction of sp³-hybridized carbons (Fsp3) is 0.824. The second-order valence-corrected chi connectivity index (χ2v) is 6.99. The van der Waals surface area contributed by atoms with Crippen LogP contribution in [0.2, 0.25) is 0 Å². The highest BCUT2D eigenvalue weighted by atomic mass is 14.9. The largest absolute Gasteiger partial charge is 0.381 e. The lowest BCUT2D eigenvalue weighted by Gasteiger charge is -2.49. The van der Waals surface area contributed by atoms with Crippen molar-refractivity contribution in [3.8, 4) is 0 Å². The van der Waals surface area contributed by atoms with E-state index in [0.29, 0.717) is 0 Å². The molecule has 0 aromatic rings. The van der Waals surface area contributed by atoms with Crippen LogP contribution in [-0.2, 0) is 0 Å². The summed E-state index contributed by atoms with van der Waals surface area (Å²) in [4.78, 5) is 0. The third kappa shape index (κ3) is 1.73.